The van der Waals surface area contributed by atoms with Crippen molar-refractivity contribution in [1.29, 1.82) is 0 Å². The number of hydrogen-bond donors (Lipinski definition) is 1. The summed E-state index contributed by atoms with van der Waals surface area (Å²) in [5.41, 5.74) is -0.507. The van der Waals surface area contributed by atoms with Crippen LogP contribution in [-0.2, 0) is 11.3 Å². The summed E-state index contributed by atoms with van der Waals surface area (Å²) < 4.78 is 3.65. The Kier molecular flexibility index (Phi) is 2.99. The number of aromatic nitrogens is 3. The number of carbonyl (C=O) groups is 1. The van der Waals surface area contributed by atoms with E-state index in [2.05, 4.69) is 0 Å². The molecule has 0 bridgehead atoms. The van der Waals surface area contributed by atoms with Gasteiger partial charge in [-0.05, 0) is 24.6 Å². The number of allylic oxidation sites excluding steroid dienone is 1. The summed E-state index contributed by atoms with van der Waals surface area (Å²) in [4.78, 5) is 37.5. The molecule has 0 saturated carbocycles. The van der Waals surface area contributed by atoms with Gasteiger partial charge in [0, 0.05) is 12.5 Å². The van der Waals surface area contributed by atoms with Crippen molar-refractivity contribution in [3.63, 3.8) is 0 Å². The van der Waals surface area contributed by atoms with Gasteiger partial charge in [0.15, 0.2) is 5.78 Å². The molecule has 1 aliphatic carbocycles. The van der Waals surface area contributed by atoms with Crippen LogP contribution in [0.2, 0.25) is 0 Å². The fourth-order valence-corrected chi connectivity index (χ4v) is 3.51. The molecule has 1 aromatic heterocycles. The molecule has 7 nitrogen and oxygen atoms in total. The van der Waals surface area contributed by atoms with E-state index < -0.39 is 29.4 Å². The molecule has 0 unspecified atom stereocenters. The number of ketones is 1. The Morgan fingerprint density at radius 1 is 1.04 bits per heavy atom. The molecule has 118 valence electrons. The standard InChI is InChI=1S/C16H15N3O4/c20-12-6-7-13(21)14-11(12)8-9-17-15(22)18(16(23)19(14)17)10-4-2-1-3-5-10/h1-7,11,13-14,21H,8-9H2/t11-,13-,14-/m1/s1. The van der Waals surface area contributed by atoms with Gasteiger partial charge in [0.05, 0.1) is 17.8 Å². The predicted octanol–water partition coefficient (Wildman–Crippen LogP) is -0.139. The third-order valence-electron chi connectivity index (χ3n) is 4.59. The largest absolute Gasteiger partial charge is 0.387 e. The molecule has 1 aliphatic heterocycles. The zero-order valence-electron chi connectivity index (χ0n) is 12.2. The molecule has 0 saturated heterocycles. The molecule has 2 aromatic rings. The molecule has 0 fully saturated rings. The number of para-hydroxylation sites is 1. The molecule has 1 N–H and O–H groups in total. The van der Waals surface area contributed by atoms with Crippen LogP contribution in [0.5, 0.6) is 0 Å². The Morgan fingerprint density at radius 2 is 1.78 bits per heavy atom. The predicted molar refractivity (Wildman–Crippen MR) is 81.6 cm³/mol. The van der Waals surface area contributed by atoms with Gasteiger partial charge in [0.25, 0.3) is 0 Å². The monoisotopic (exact) mass is 313 g/mol. The second kappa shape index (κ2) is 4.92. The van der Waals surface area contributed by atoms with Gasteiger partial charge in [-0.2, -0.15) is 0 Å². The van der Waals surface area contributed by atoms with Gasteiger partial charge in [-0.1, -0.05) is 24.3 Å². The van der Waals surface area contributed by atoms with Gasteiger partial charge < -0.3 is 5.11 Å². The average molecular weight is 313 g/mol. The van der Waals surface area contributed by atoms with Crippen molar-refractivity contribution in [2.75, 3.05) is 0 Å². The number of aliphatic hydroxyl groups excluding tert-OH is 1. The number of nitrogens with zero attached hydrogens (tertiary/aromatic N) is 3. The fraction of sp³-hybridized carbons (Fsp3) is 0.312. The molecule has 2 aliphatic rings. The van der Waals surface area contributed by atoms with E-state index >= 15 is 0 Å². The van der Waals surface area contributed by atoms with Crippen molar-refractivity contribution >= 4 is 5.78 Å². The minimum absolute atomic E-state index is 0.113. The van der Waals surface area contributed by atoms with E-state index in [0.29, 0.717) is 12.1 Å². The Balaban J connectivity index is 1.97. The summed E-state index contributed by atoms with van der Waals surface area (Å²) >= 11 is 0. The minimum Gasteiger partial charge on any atom is -0.387 e. The van der Waals surface area contributed by atoms with Crippen LogP contribution >= 0.6 is 0 Å². The highest BCUT2D eigenvalue weighted by Crippen LogP contribution is 2.32. The quantitative estimate of drug-likeness (QED) is 0.794. The molecule has 1 aromatic carbocycles. The first kappa shape index (κ1) is 14.0. The molecular weight excluding hydrogens is 298 g/mol. The molecule has 0 radical (unpaired) electrons. The topological polar surface area (TPSA) is 86.2 Å². The fourth-order valence-electron chi connectivity index (χ4n) is 3.51. The van der Waals surface area contributed by atoms with Crippen molar-refractivity contribution in [1.82, 2.24) is 13.9 Å². The summed E-state index contributed by atoms with van der Waals surface area (Å²) in [6.45, 7) is 0.279. The maximum Gasteiger partial charge on any atom is 0.352 e. The first-order valence-corrected chi connectivity index (χ1v) is 7.49. The summed E-state index contributed by atoms with van der Waals surface area (Å²) in [6.07, 6.45) is 2.21. The van der Waals surface area contributed by atoms with Gasteiger partial charge in [-0.15, -0.1) is 0 Å². The Labute approximate surface area is 130 Å². The lowest BCUT2D eigenvalue weighted by molar-refractivity contribution is -0.123. The van der Waals surface area contributed by atoms with Crippen molar-refractivity contribution < 1.29 is 9.90 Å². The number of fused-ring (bicyclic) bond motifs is 3. The molecule has 0 spiro atoms. The summed E-state index contributed by atoms with van der Waals surface area (Å²) in [5, 5.41) is 10.2. The van der Waals surface area contributed by atoms with E-state index in [1.165, 1.54) is 21.5 Å². The first-order chi connectivity index (χ1) is 11.1. The van der Waals surface area contributed by atoms with Crippen molar-refractivity contribution in [3.8, 4) is 5.69 Å². The molecular formula is C16H15N3O4. The van der Waals surface area contributed by atoms with Crippen LogP contribution < -0.4 is 11.4 Å². The Morgan fingerprint density at radius 3 is 2.52 bits per heavy atom. The van der Waals surface area contributed by atoms with Crippen LogP contribution in [0.3, 0.4) is 0 Å². The first-order valence-electron chi connectivity index (χ1n) is 7.49. The molecule has 23 heavy (non-hydrogen) atoms. The van der Waals surface area contributed by atoms with Gasteiger partial charge >= 0.3 is 11.4 Å². The second-order valence-electron chi connectivity index (χ2n) is 5.84. The van der Waals surface area contributed by atoms with Crippen molar-refractivity contribution in [3.05, 3.63) is 63.5 Å². The van der Waals surface area contributed by atoms with Crippen LogP contribution in [0.1, 0.15) is 12.5 Å². The normalized spacial score (nSPS) is 26.0. The summed E-state index contributed by atoms with van der Waals surface area (Å²) in [5.74, 6) is -0.586. The number of carbonyl (C=O) groups excluding carboxylic acids is 1. The van der Waals surface area contributed by atoms with E-state index in [0.717, 1.165) is 4.57 Å². The molecule has 4 rings (SSSR count). The highest BCUT2D eigenvalue weighted by molar-refractivity contribution is 5.93. The smallest absolute Gasteiger partial charge is 0.352 e. The zero-order valence-corrected chi connectivity index (χ0v) is 12.2. The van der Waals surface area contributed by atoms with Crippen LogP contribution in [-0.4, -0.2) is 30.9 Å². The van der Waals surface area contributed by atoms with Gasteiger partial charge in [0.2, 0.25) is 0 Å². The Bertz CT molecular complexity index is 919. The Hall–Kier alpha value is -2.67. The molecule has 2 heterocycles. The highest BCUT2D eigenvalue weighted by atomic mass is 16.3. The lowest BCUT2D eigenvalue weighted by Gasteiger charge is -2.36. The maximum absolute atomic E-state index is 12.8. The minimum atomic E-state index is -0.965. The number of rotatable bonds is 1. The van der Waals surface area contributed by atoms with Crippen LogP contribution in [0.4, 0.5) is 0 Å². The lowest BCUT2D eigenvalue weighted by atomic mass is 9.83. The van der Waals surface area contributed by atoms with Gasteiger partial charge in [0.1, 0.15) is 0 Å². The van der Waals surface area contributed by atoms with Gasteiger partial charge in [-0.3, -0.25) is 4.79 Å². The van der Waals surface area contributed by atoms with Gasteiger partial charge in [-0.25, -0.2) is 23.5 Å². The number of aliphatic hydroxyl groups is 1. The van der Waals surface area contributed by atoms with E-state index in [1.807, 2.05) is 0 Å². The molecule has 7 heteroatoms. The van der Waals surface area contributed by atoms with E-state index in [4.69, 9.17) is 0 Å². The third kappa shape index (κ3) is 1.90. The average Bonchev–Trinajstić information content (AvgIpc) is 2.83. The third-order valence-corrected chi connectivity index (χ3v) is 4.59. The van der Waals surface area contributed by atoms with Crippen molar-refractivity contribution in [2.45, 2.75) is 25.1 Å². The zero-order chi connectivity index (χ0) is 16.1. The van der Waals surface area contributed by atoms with Crippen LogP contribution in [0.15, 0.2) is 52.1 Å². The SMILES string of the molecule is O=C1C=C[C@@H](O)[C@H]2[C@@H]1CCn1c(=O)n(-c3ccccc3)c(=O)n12. The van der Waals surface area contributed by atoms with Crippen LogP contribution in [0.25, 0.3) is 5.69 Å². The summed E-state index contributed by atoms with van der Waals surface area (Å²) in [7, 11) is 0. The van der Waals surface area contributed by atoms with E-state index in [1.54, 1.807) is 30.3 Å². The highest BCUT2D eigenvalue weighted by Gasteiger charge is 2.42. The van der Waals surface area contributed by atoms with Crippen LogP contribution in [0, 0.1) is 5.92 Å². The summed E-state index contributed by atoms with van der Waals surface area (Å²) in [6, 6.07) is 7.91. The van der Waals surface area contributed by atoms with E-state index in [9.17, 15) is 19.5 Å². The number of hydrogen-bond acceptors (Lipinski definition) is 4. The van der Waals surface area contributed by atoms with Crippen molar-refractivity contribution in [2.24, 2.45) is 5.92 Å². The molecule has 3 atom stereocenters. The lowest BCUT2D eigenvalue weighted by Crippen LogP contribution is -2.48. The van der Waals surface area contributed by atoms with E-state index in [-0.39, 0.29) is 12.3 Å². The number of benzene rings is 1. The maximum atomic E-state index is 12.8. The second-order valence-corrected chi connectivity index (χ2v) is 5.84. The molecule has 0 amide bonds.